The molecule has 2 aromatic carbocycles. The van der Waals surface area contributed by atoms with Crippen molar-refractivity contribution in [2.75, 3.05) is 0 Å². The Morgan fingerprint density at radius 3 is 2.47 bits per heavy atom. The van der Waals surface area contributed by atoms with Gasteiger partial charge in [0.25, 0.3) is 0 Å². The molecule has 0 atom stereocenters. The molecule has 0 bridgehead atoms. The van der Waals surface area contributed by atoms with Crippen molar-refractivity contribution in [2.24, 2.45) is 4.99 Å². The molecule has 9 heteroatoms. The minimum Gasteiger partial charge on any atom is -0.294 e. The van der Waals surface area contributed by atoms with Crippen molar-refractivity contribution >= 4 is 21.8 Å². The maximum atomic E-state index is 12.9. The van der Waals surface area contributed by atoms with Crippen molar-refractivity contribution in [1.29, 1.82) is 0 Å². The van der Waals surface area contributed by atoms with Crippen LogP contribution in [0.1, 0.15) is 39.2 Å². The molecule has 0 radical (unpaired) electrons. The number of fused-ring (bicyclic) bond motifs is 1. The number of Topliss-reactive ketones (excluding diaryl/α,β-unsaturated/α-hetero) is 1. The van der Waals surface area contributed by atoms with E-state index in [-0.39, 0.29) is 17.1 Å². The molecule has 4 rings (SSSR count). The Morgan fingerprint density at radius 1 is 1.00 bits per heavy atom. The van der Waals surface area contributed by atoms with Crippen LogP contribution in [0.15, 0.2) is 75.6 Å². The first-order chi connectivity index (χ1) is 15.1. The number of aryl methyl sites for hydroxylation is 1. The molecule has 0 unspecified atom stereocenters. The van der Waals surface area contributed by atoms with Crippen LogP contribution in [0.25, 0.3) is 0 Å². The van der Waals surface area contributed by atoms with Gasteiger partial charge in [-0.15, -0.1) is 0 Å². The third-order valence-corrected chi connectivity index (χ3v) is 6.91. The quantitative estimate of drug-likeness (QED) is 0.503. The van der Waals surface area contributed by atoms with Crippen molar-refractivity contribution in [2.45, 2.75) is 35.4 Å². The number of carbonyl (C=O) groups excluding carboxylic acids is 1. The highest BCUT2D eigenvalue weighted by atomic mass is 32.2. The molecule has 1 aliphatic heterocycles. The number of hydrogen-bond donors (Lipinski definition) is 0. The Hall–Kier alpha value is -3.33. The number of hydrogen-bond acceptors (Lipinski definition) is 5. The molecule has 164 valence electrons. The van der Waals surface area contributed by atoms with E-state index in [4.69, 9.17) is 0 Å². The largest absolute Gasteiger partial charge is 0.416 e. The highest BCUT2D eigenvalue weighted by molar-refractivity contribution is 7.91. The van der Waals surface area contributed by atoms with Crippen LogP contribution in [0.4, 0.5) is 13.2 Å². The van der Waals surface area contributed by atoms with Gasteiger partial charge in [-0.25, -0.2) is 8.42 Å². The predicted molar refractivity (Wildman–Crippen MR) is 112 cm³/mol. The van der Waals surface area contributed by atoms with Crippen molar-refractivity contribution in [3.63, 3.8) is 0 Å². The van der Waals surface area contributed by atoms with E-state index in [2.05, 4.69) is 9.98 Å². The van der Waals surface area contributed by atoms with E-state index in [1.165, 1.54) is 18.3 Å². The zero-order chi connectivity index (χ0) is 22.9. The number of benzene rings is 2. The number of ketones is 1. The van der Waals surface area contributed by atoms with Crippen molar-refractivity contribution in [1.82, 2.24) is 4.98 Å². The second-order valence-electron chi connectivity index (χ2n) is 7.33. The second-order valence-corrected chi connectivity index (χ2v) is 9.28. The van der Waals surface area contributed by atoms with E-state index in [0.717, 1.165) is 35.0 Å². The molecule has 0 spiro atoms. The van der Waals surface area contributed by atoms with E-state index in [0.29, 0.717) is 24.6 Å². The second kappa shape index (κ2) is 8.31. The summed E-state index contributed by atoms with van der Waals surface area (Å²) in [5.74, 6) is -0.0961. The van der Waals surface area contributed by atoms with Gasteiger partial charge in [0.15, 0.2) is 5.78 Å². The third-order valence-electron chi connectivity index (χ3n) is 5.14. The number of carbonyl (C=O) groups is 1. The first kappa shape index (κ1) is 21.9. The van der Waals surface area contributed by atoms with Gasteiger partial charge in [-0.3, -0.25) is 14.8 Å². The molecular weight excluding hydrogens is 441 g/mol. The Kier molecular flexibility index (Phi) is 5.68. The molecule has 0 fully saturated rings. The van der Waals surface area contributed by atoms with Gasteiger partial charge in [0.05, 0.1) is 27.6 Å². The van der Waals surface area contributed by atoms with Gasteiger partial charge in [-0.1, -0.05) is 18.2 Å². The fraction of sp³-hybridized carbons (Fsp3) is 0.174. The number of halogens is 3. The minimum atomic E-state index is -4.64. The summed E-state index contributed by atoms with van der Waals surface area (Å²) >= 11 is 0. The fourth-order valence-corrected chi connectivity index (χ4v) is 4.66. The van der Waals surface area contributed by atoms with Crippen molar-refractivity contribution in [3.8, 4) is 0 Å². The van der Waals surface area contributed by atoms with E-state index < -0.39 is 26.5 Å². The Balaban J connectivity index is 1.46. The summed E-state index contributed by atoms with van der Waals surface area (Å²) in [6.07, 6.45) is -0.836. The van der Waals surface area contributed by atoms with Crippen LogP contribution in [0.3, 0.4) is 0 Å². The van der Waals surface area contributed by atoms with Crippen LogP contribution in [-0.4, -0.2) is 25.4 Å². The lowest BCUT2D eigenvalue weighted by atomic mass is 10.0. The first-order valence-corrected chi connectivity index (χ1v) is 11.2. The summed E-state index contributed by atoms with van der Waals surface area (Å²) in [5.41, 5.74) is 1.86. The number of sulfone groups is 1. The van der Waals surface area contributed by atoms with E-state index >= 15 is 0 Å². The molecular formula is C23H17F3N2O3S. The van der Waals surface area contributed by atoms with Gasteiger partial charge in [0.2, 0.25) is 9.84 Å². The summed E-state index contributed by atoms with van der Waals surface area (Å²) in [5, 5.41) is 0. The molecule has 0 saturated carbocycles. The molecule has 1 aromatic heterocycles. The maximum Gasteiger partial charge on any atom is 0.416 e. The topological polar surface area (TPSA) is 76.5 Å². The van der Waals surface area contributed by atoms with E-state index in [1.807, 2.05) is 0 Å². The molecule has 5 nitrogen and oxygen atoms in total. The highest BCUT2D eigenvalue weighted by Gasteiger charge is 2.32. The van der Waals surface area contributed by atoms with E-state index in [1.54, 1.807) is 24.4 Å². The number of pyridine rings is 1. The zero-order valence-electron chi connectivity index (χ0n) is 16.6. The molecule has 32 heavy (non-hydrogen) atoms. The smallest absolute Gasteiger partial charge is 0.294 e. The van der Waals surface area contributed by atoms with Gasteiger partial charge < -0.3 is 0 Å². The Bertz CT molecular complexity index is 1320. The lowest BCUT2D eigenvalue weighted by molar-refractivity contribution is -0.137. The van der Waals surface area contributed by atoms with E-state index in [9.17, 15) is 26.4 Å². The van der Waals surface area contributed by atoms with Crippen molar-refractivity contribution in [3.05, 3.63) is 88.7 Å². The molecule has 3 aromatic rings. The van der Waals surface area contributed by atoms with Crippen LogP contribution >= 0.6 is 0 Å². The summed E-state index contributed by atoms with van der Waals surface area (Å²) in [6, 6.07) is 11.2. The van der Waals surface area contributed by atoms with Gasteiger partial charge in [0.1, 0.15) is 0 Å². The van der Waals surface area contributed by atoms with Crippen LogP contribution in [0, 0.1) is 0 Å². The molecule has 0 N–H and O–H groups in total. The summed E-state index contributed by atoms with van der Waals surface area (Å²) in [7, 11) is -4.11. The average molecular weight is 458 g/mol. The maximum absolute atomic E-state index is 12.9. The standard InChI is InChI=1S/C23H17F3N2O3S/c24-23(25,26)18-2-1-3-20(11-18)32(30,31)19-7-4-15(5-8-19)6-9-22(29)17-10-16-12-27-14-21(16)28-13-17/h1-5,7-8,10-13H,6,9,14H2. The monoisotopic (exact) mass is 458 g/mol. The minimum absolute atomic E-state index is 0.0961. The van der Waals surface area contributed by atoms with Crippen LogP contribution in [0.2, 0.25) is 0 Å². The SMILES string of the molecule is O=C(CCc1ccc(S(=O)(=O)c2cccc(C(F)(F)F)c2)cc1)c1cnc2c(c1)C=NC2. The van der Waals surface area contributed by atoms with Crippen molar-refractivity contribution < 1.29 is 26.4 Å². The number of aliphatic imine (C=N–C) groups is 1. The number of rotatable bonds is 6. The lowest BCUT2D eigenvalue weighted by Crippen LogP contribution is -2.08. The Morgan fingerprint density at radius 2 is 1.75 bits per heavy atom. The molecule has 0 saturated heterocycles. The Labute approximate surface area is 182 Å². The predicted octanol–water partition coefficient (Wildman–Crippen LogP) is 4.68. The van der Waals surface area contributed by atoms with Crippen LogP contribution < -0.4 is 0 Å². The summed E-state index contributed by atoms with van der Waals surface area (Å²) in [6.45, 7) is 0.513. The van der Waals surface area contributed by atoms with Gasteiger partial charge >= 0.3 is 6.18 Å². The molecule has 2 heterocycles. The third kappa shape index (κ3) is 4.47. The van der Waals surface area contributed by atoms with Gasteiger partial charge in [-0.2, -0.15) is 13.2 Å². The average Bonchev–Trinajstić information content (AvgIpc) is 3.25. The highest BCUT2D eigenvalue weighted by Crippen LogP contribution is 2.32. The fourth-order valence-electron chi connectivity index (χ4n) is 3.35. The molecule has 0 aliphatic carbocycles. The zero-order valence-corrected chi connectivity index (χ0v) is 17.4. The van der Waals surface area contributed by atoms with Crippen LogP contribution in [-0.2, 0) is 29.0 Å². The summed E-state index contributed by atoms with van der Waals surface area (Å²) < 4.78 is 64.2. The van der Waals surface area contributed by atoms with Crippen LogP contribution in [0.5, 0.6) is 0 Å². The number of nitrogens with zero attached hydrogens (tertiary/aromatic N) is 2. The van der Waals surface area contributed by atoms with Gasteiger partial charge in [-0.05, 0) is 48.4 Å². The molecule has 1 aliphatic rings. The lowest BCUT2D eigenvalue weighted by Gasteiger charge is -2.10. The first-order valence-electron chi connectivity index (χ1n) is 9.68. The normalized spacial score (nSPS) is 13.2. The molecule has 0 amide bonds. The number of aromatic nitrogens is 1. The van der Waals surface area contributed by atoms with Gasteiger partial charge in [0, 0.05) is 30.0 Å². The number of alkyl halides is 3. The summed E-state index contributed by atoms with van der Waals surface area (Å²) in [4.78, 5) is 20.3.